The van der Waals surface area contributed by atoms with Gasteiger partial charge >= 0.3 is 0 Å². The van der Waals surface area contributed by atoms with Gasteiger partial charge in [0.1, 0.15) is 0 Å². The smallest absolute Gasteiger partial charge is 0.261 e. The molecule has 0 unspecified atom stereocenters. The zero-order chi connectivity index (χ0) is 22.3. The highest BCUT2D eigenvalue weighted by atomic mass is 32.1. The van der Waals surface area contributed by atoms with Crippen molar-refractivity contribution in [2.75, 3.05) is 7.05 Å². The molecule has 158 valence electrons. The van der Waals surface area contributed by atoms with E-state index in [0.29, 0.717) is 11.1 Å². The highest BCUT2D eigenvalue weighted by molar-refractivity contribution is 7.28. The van der Waals surface area contributed by atoms with Crippen LogP contribution in [0.4, 0.5) is 0 Å². The first kappa shape index (κ1) is 18.8. The Morgan fingerprint density at radius 1 is 0.727 bits per heavy atom. The highest BCUT2D eigenvalue weighted by Crippen LogP contribution is 2.45. The first-order chi connectivity index (χ1) is 16.1. The first-order valence-electron chi connectivity index (χ1n) is 10.6. The number of carbonyl (C=O) groups is 2. The molecule has 0 spiro atoms. The van der Waals surface area contributed by atoms with E-state index in [9.17, 15) is 9.59 Å². The van der Waals surface area contributed by atoms with Gasteiger partial charge in [-0.1, -0.05) is 36.4 Å². The third-order valence-corrected chi connectivity index (χ3v) is 8.66. The molecule has 0 saturated carbocycles. The number of rotatable bonds is 2. The van der Waals surface area contributed by atoms with Crippen molar-refractivity contribution in [3.63, 3.8) is 0 Å². The maximum atomic E-state index is 12.8. The van der Waals surface area contributed by atoms with Gasteiger partial charge in [0.2, 0.25) is 0 Å². The third-order valence-electron chi connectivity index (χ3n) is 6.44. The number of thiophene rings is 2. The van der Waals surface area contributed by atoms with E-state index in [-0.39, 0.29) is 11.8 Å². The van der Waals surface area contributed by atoms with E-state index in [4.69, 9.17) is 0 Å². The van der Waals surface area contributed by atoms with Gasteiger partial charge in [-0.3, -0.25) is 14.5 Å². The number of benzene rings is 3. The number of para-hydroxylation sites is 1. The summed E-state index contributed by atoms with van der Waals surface area (Å²) >= 11 is 3.52. The lowest BCUT2D eigenvalue weighted by molar-refractivity contribution is 0.0650. The number of nitrogens with zero attached hydrogens (tertiary/aromatic N) is 2. The average molecular weight is 465 g/mol. The number of imide groups is 1. The number of hydrogen-bond acceptors (Lipinski definition) is 4. The van der Waals surface area contributed by atoms with E-state index < -0.39 is 0 Å². The molecular weight excluding hydrogens is 448 g/mol. The molecule has 0 saturated heterocycles. The maximum Gasteiger partial charge on any atom is 0.261 e. The first-order valence-corrected chi connectivity index (χ1v) is 12.3. The van der Waals surface area contributed by atoms with Gasteiger partial charge in [0, 0.05) is 34.1 Å². The van der Waals surface area contributed by atoms with Gasteiger partial charge in [-0.15, -0.1) is 22.7 Å². The summed E-state index contributed by atoms with van der Waals surface area (Å²) in [5.74, 6) is -0.496. The lowest BCUT2D eigenvalue weighted by atomic mass is 9.91. The van der Waals surface area contributed by atoms with E-state index in [0.717, 1.165) is 26.9 Å². The summed E-state index contributed by atoms with van der Waals surface area (Å²) < 4.78 is 4.85. The van der Waals surface area contributed by atoms with Crippen LogP contribution in [0.3, 0.4) is 0 Å². The summed E-state index contributed by atoms with van der Waals surface area (Å²) in [5, 5.41) is 3.84. The van der Waals surface area contributed by atoms with Crippen LogP contribution in [0.25, 0.3) is 47.3 Å². The lowest BCUT2D eigenvalue weighted by Crippen LogP contribution is -2.36. The lowest BCUT2D eigenvalue weighted by Gasteiger charge is -2.24. The van der Waals surface area contributed by atoms with Crippen LogP contribution in [-0.2, 0) is 0 Å². The number of fused-ring (bicyclic) bond motifs is 3. The maximum absolute atomic E-state index is 12.8. The predicted octanol–water partition coefficient (Wildman–Crippen LogP) is 6.95. The van der Waals surface area contributed by atoms with Crippen LogP contribution < -0.4 is 0 Å². The fourth-order valence-corrected chi connectivity index (χ4v) is 7.13. The Labute approximate surface area is 196 Å². The third kappa shape index (κ3) is 2.45. The molecule has 33 heavy (non-hydrogen) atoms. The van der Waals surface area contributed by atoms with E-state index in [1.807, 2.05) is 36.4 Å². The molecule has 6 heteroatoms. The van der Waals surface area contributed by atoms with Crippen molar-refractivity contribution in [2.24, 2.45) is 0 Å². The molecule has 0 radical (unpaired) electrons. The van der Waals surface area contributed by atoms with Gasteiger partial charge in [-0.2, -0.15) is 0 Å². The molecule has 0 bridgehead atoms. The van der Waals surface area contributed by atoms with E-state index in [2.05, 4.69) is 46.3 Å². The van der Waals surface area contributed by atoms with Crippen molar-refractivity contribution in [2.45, 2.75) is 0 Å². The van der Waals surface area contributed by atoms with Crippen molar-refractivity contribution in [1.29, 1.82) is 0 Å². The average Bonchev–Trinajstić information content (AvgIpc) is 3.54. The van der Waals surface area contributed by atoms with Gasteiger partial charge in [-0.25, -0.2) is 0 Å². The van der Waals surface area contributed by atoms with Crippen molar-refractivity contribution in [3.05, 3.63) is 89.3 Å². The van der Waals surface area contributed by atoms with Gasteiger partial charge in [0.15, 0.2) is 0 Å². The quantitative estimate of drug-likeness (QED) is 0.260. The van der Waals surface area contributed by atoms with Crippen molar-refractivity contribution in [3.8, 4) is 16.1 Å². The molecule has 0 atom stereocenters. The zero-order valence-corrected chi connectivity index (χ0v) is 19.2. The Morgan fingerprint density at radius 2 is 1.48 bits per heavy atom. The summed E-state index contributed by atoms with van der Waals surface area (Å²) in [6, 6.07) is 24.4. The second kappa shape index (κ2) is 6.63. The minimum Gasteiger partial charge on any atom is -0.307 e. The Kier molecular flexibility index (Phi) is 3.78. The van der Waals surface area contributed by atoms with Crippen LogP contribution in [0.2, 0.25) is 0 Å². The molecule has 3 aromatic carbocycles. The fraction of sp³-hybridized carbons (Fsp3) is 0.0370. The minimum absolute atomic E-state index is 0.248. The van der Waals surface area contributed by atoms with E-state index >= 15 is 0 Å². The standard InChI is InChI=1S/C27H16N2O2S2/c1-28-26(30)18-9-5-8-17-16(10-11-19(23(17)18)27(28)31)22-14-21-25(33-22)24-20(12-13-32-24)29(21)15-6-3-2-4-7-15/h2-14H,1H3. The molecule has 0 aliphatic carbocycles. The molecule has 1 aliphatic heterocycles. The minimum atomic E-state index is -0.248. The van der Waals surface area contributed by atoms with Gasteiger partial charge in [0.25, 0.3) is 11.8 Å². The molecule has 3 aromatic heterocycles. The van der Waals surface area contributed by atoms with Crippen LogP contribution in [-0.4, -0.2) is 28.3 Å². The highest BCUT2D eigenvalue weighted by Gasteiger charge is 2.31. The Hall–Kier alpha value is -3.74. The topological polar surface area (TPSA) is 42.3 Å². The molecular formula is C27H16N2O2S2. The van der Waals surface area contributed by atoms with E-state index in [1.54, 1.807) is 29.7 Å². The molecule has 4 nitrogen and oxygen atoms in total. The second-order valence-corrected chi connectivity index (χ2v) is 10.2. The summed E-state index contributed by atoms with van der Waals surface area (Å²) in [7, 11) is 1.54. The van der Waals surface area contributed by atoms with Crippen LogP contribution in [0, 0.1) is 0 Å². The summed E-state index contributed by atoms with van der Waals surface area (Å²) in [6.07, 6.45) is 0. The molecule has 0 N–H and O–H groups in total. The summed E-state index contributed by atoms with van der Waals surface area (Å²) in [6.45, 7) is 0. The fourth-order valence-electron chi connectivity index (χ4n) is 4.91. The normalized spacial score (nSPS) is 13.7. The van der Waals surface area contributed by atoms with E-state index in [1.165, 1.54) is 25.3 Å². The Balaban J connectivity index is 1.53. The predicted molar refractivity (Wildman–Crippen MR) is 136 cm³/mol. The van der Waals surface area contributed by atoms with Crippen LogP contribution in [0.1, 0.15) is 20.7 Å². The van der Waals surface area contributed by atoms with Crippen LogP contribution in [0.15, 0.2) is 78.2 Å². The van der Waals surface area contributed by atoms with Crippen LogP contribution in [0.5, 0.6) is 0 Å². The number of hydrogen-bond donors (Lipinski definition) is 0. The molecule has 0 fully saturated rings. The van der Waals surface area contributed by atoms with Gasteiger partial charge in [-0.05, 0) is 52.7 Å². The number of carbonyl (C=O) groups excluding carboxylic acids is 2. The molecule has 1 aliphatic rings. The molecule has 4 heterocycles. The monoisotopic (exact) mass is 464 g/mol. The molecule has 2 amide bonds. The number of amides is 2. The van der Waals surface area contributed by atoms with Crippen LogP contribution >= 0.6 is 22.7 Å². The van der Waals surface area contributed by atoms with Gasteiger partial charge in [0.05, 0.1) is 20.4 Å². The SMILES string of the molecule is CN1C(=O)c2cccc3c(-c4cc5c(s4)c4sccc4n5-c4ccccc4)ccc(c23)C1=O. The molecule has 7 rings (SSSR count). The number of aromatic nitrogens is 1. The Morgan fingerprint density at radius 3 is 2.30 bits per heavy atom. The summed E-state index contributed by atoms with van der Waals surface area (Å²) in [5.41, 5.74) is 5.75. The zero-order valence-electron chi connectivity index (χ0n) is 17.5. The van der Waals surface area contributed by atoms with Gasteiger partial charge < -0.3 is 4.57 Å². The van der Waals surface area contributed by atoms with Crippen molar-refractivity contribution in [1.82, 2.24) is 9.47 Å². The second-order valence-electron chi connectivity index (χ2n) is 8.19. The van der Waals surface area contributed by atoms with Crippen molar-refractivity contribution >= 4 is 65.7 Å². The summed E-state index contributed by atoms with van der Waals surface area (Å²) in [4.78, 5) is 27.9. The molecule has 6 aromatic rings. The Bertz CT molecular complexity index is 1750. The largest absolute Gasteiger partial charge is 0.307 e. The van der Waals surface area contributed by atoms with Crippen molar-refractivity contribution < 1.29 is 9.59 Å².